The van der Waals surface area contributed by atoms with Crippen molar-refractivity contribution in [2.45, 2.75) is 31.4 Å². The van der Waals surface area contributed by atoms with Gasteiger partial charge in [0.15, 0.2) is 0 Å². The van der Waals surface area contributed by atoms with Gasteiger partial charge in [-0.25, -0.2) is 14.4 Å². The van der Waals surface area contributed by atoms with Gasteiger partial charge < -0.3 is 19.5 Å². The molecule has 3 aromatic rings. The Morgan fingerprint density at radius 2 is 2.03 bits per heavy atom. The van der Waals surface area contributed by atoms with Gasteiger partial charge in [-0.1, -0.05) is 0 Å². The van der Waals surface area contributed by atoms with Gasteiger partial charge >= 0.3 is 6.18 Å². The number of alkyl halides is 4. The predicted octanol–water partition coefficient (Wildman–Crippen LogP) is 3.37. The highest BCUT2D eigenvalue weighted by atomic mass is 19.4. The molecule has 11 heteroatoms. The lowest BCUT2D eigenvalue weighted by Gasteiger charge is -2.36. The minimum atomic E-state index is -4.44. The van der Waals surface area contributed by atoms with Gasteiger partial charge in [0.1, 0.15) is 24.0 Å². The molecule has 2 aliphatic heterocycles. The van der Waals surface area contributed by atoms with Crippen LogP contribution >= 0.6 is 0 Å². The number of aromatic nitrogens is 4. The number of halogens is 4. The maximum Gasteiger partial charge on any atom is 0.417 e. The maximum atomic E-state index is 14.3. The Hall–Kier alpha value is -2.79. The van der Waals surface area contributed by atoms with Crippen molar-refractivity contribution >= 4 is 16.9 Å². The summed E-state index contributed by atoms with van der Waals surface area (Å²) in [4.78, 5) is 15.0. The van der Waals surface area contributed by atoms with Crippen LogP contribution in [0.25, 0.3) is 11.0 Å². The number of nitrogens with one attached hydrogen (secondary N) is 1. The van der Waals surface area contributed by atoms with Crippen LogP contribution in [0.4, 0.5) is 23.4 Å². The topological polar surface area (TPSA) is 68.1 Å². The molecule has 0 unspecified atom stereocenters. The summed E-state index contributed by atoms with van der Waals surface area (Å²) in [7, 11) is 0. The average molecular weight is 464 g/mol. The van der Waals surface area contributed by atoms with Crippen molar-refractivity contribution in [2.75, 3.05) is 37.7 Å². The van der Waals surface area contributed by atoms with Crippen molar-refractivity contribution in [1.29, 1.82) is 0 Å². The summed E-state index contributed by atoms with van der Waals surface area (Å²) in [6.45, 7) is 2.92. The molecule has 176 valence electrons. The minimum Gasteiger partial charge on any atom is -0.377 e. The van der Waals surface area contributed by atoms with Crippen molar-refractivity contribution in [3.63, 3.8) is 0 Å². The van der Waals surface area contributed by atoms with Crippen LogP contribution in [0.3, 0.4) is 0 Å². The molecule has 0 bridgehead atoms. The number of ether oxygens (including phenoxy) is 1. The number of nitrogens with zero attached hydrogens (tertiary/aromatic N) is 5. The number of rotatable bonds is 4. The maximum absolute atomic E-state index is 14.3. The largest absolute Gasteiger partial charge is 0.417 e. The molecule has 5 heterocycles. The highest BCUT2D eigenvalue weighted by Crippen LogP contribution is 2.34. The second-order valence-electron chi connectivity index (χ2n) is 8.43. The second-order valence-corrected chi connectivity index (χ2v) is 8.43. The Morgan fingerprint density at radius 3 is 2.79 bits per heavy atom. The van der Waals surface area contributed by atoms with Crippen LogP contribution in [0.1, 0.15) is 23.7 Å². The Labute approximate surface area is 187 Å². The van der Waals surface area contributed by atoms with Crippen LogP contribution in [0, 0.1) is 5.92 Å². The number of morpholine rings is 1. The summed E-state index contributed by atoms with van der Waals surface area (Å²) in [6, 6.07) is 3.94. The van der Waals surface area contributed by atoms with Crippen LogP contribution in [0.5, 0.6) is 0 Å². The van der Waals surface area contributed by atoms with E-state index >= 15 is 0 Å². The molecule has 3 aromatic heterocycles. The molecule has 0 aromatic carbocycles. The Bertz CT molecular complexity index is 1100. The lowest BCUT2D eigenvalue weighted by Crippen LogP contribution is -2.40. The quantitative estimate of drug-likeness (QED) is 0.598. The molecule has 7 nitrogen and oxygen atoms in total. The number of hydrogen-bond acceptors (Lipinski definition) is 6. The zero-order chi connectivity index (χ0) is 23.0. The first-order chi connectivity index (χ1) is 15.9. The average Bonchev–Trinajstić information content (AvgIpc) is 3.23. The lowest BCUT2D eigenvalue weighted by atomic mass is 9.96. The number of hydrogen-bond donors (Lipinski definition) is 1. The van der Waals surface area contributed by atoms with Crippen molar-refractivity contribution in [2.24, 2.45) is 5.92 Å². The summed E-state index contributed by atoms with van der Waals surface area (Å²) in [5.41, 5.74) is 0.389. The van der Waals surface area contributed by atoms with E-state index in [1.165, 1.54) is 12.4 Å². The summed E-state index contributed by atoms with van der Waals surface area (Å²) in [5, 5.41) is 3.87. The minimum absolute atomic E-state index is 0.0900. The smallest absolute Gasteiger partial charge is 0.377 e. The molecule has 2 aliphatic rings. The highest BCUT2D eigenvalue weighted by Gasteiger charge is 2.33. The molecule has 2 saturated heterocycles. The lowest BCUT2D eigenvalue weighted by molar-refractivity contribution is -0.137. The molecule has 2 fully saturated rings. The molecular weight excluding hydrogens is 440 g/mol. The number of pyridine rings is 1. The van der Waals surface area contributed by atoms with E-state index in [0.717, 1.165) is 30.6 Å². The van der Waals surface area contributed by atoms with E-state index in [0.29, 0.717) is 43.4 Å². The van der Waals surface area contributed by atoms with Gasteiger partial charge in [-0.2, -0.15) is 13.2 Å². The van der Waals surface area contributed by atoms with Crippen LogP contribution in [0.15, 0.2) is 36.9 Å². The Balaban J connectivity index is 1.45. The van der Waals surface area contributed by atoms with Gasteiger partial charge in [-0.15, -0.1) is 0 Å². The van der Waals surface area contributed by atoms with Crippen molar-refractivity contribution in [3.05, 3.63) is 48.2 Å². The van der Waals surface area contributed by atoms with Crippen LogP contribution < -0.4 is 10.2 Å². The van der Waals surface area contributed by atoms with E-state index < -0.39 is 17.9 Å². The van der Waals surface area contributed by atoms with Crippen LogP contribution in [-0.2, 0) is 17.5 Å². The standard InChI is InChI=1S/C22H24F4N6O/c23-17-10-27-5-3-14(17)11-31-6-4-16-20(31)29-13-30-21(16)32-7-8-33-12-19(32)18-2-1-15(9-28-18)22(24,25)26/h1-2,4,6,9,13-14,17,19,27H,3,5,7-8,10-12H2/t14-,17+,19+/m0/s1. The van der Waals surface area contributed by atoms with E-state index in [9.17, 15) is 17.6 Å². The molecule has 0 radical (unpaired) electrons. The third kappa shape index (κ3) is 4.39. The Morgan fingerprint density at radius 1 is 1.15 bits per heavy atom. The van der Waals surface area contributed by atoms with Crippen LogP contribution in [0.2, 0.25) is 0 Å². The van der Waals surface area contributed by atoms with Gasteiger partial charge in [0.2, 0.25) is 0 Å². The van der Waals surface area contributed by atoms with Gasteiger partial charge in [-0.05, 0) is 31.2 Å². The molecule has 0 saturated carbocycles. The molecule has 0 aliphatic carbocycles. The van der Waals surface area contributed by atoms with Crippen molar-refractivity contribution in [1.82, 2.24) is 24.8 Å². The first-order valence-electron chi connectivity index (χ1n) is 10.9. The first-order valence-corrected chi connectivity index (χ1v) is 10.9. The third-order valence-corrected chi connectivity index (χ3v) is 6.36. The zero-order valence-corrected chi connectivity index (χ0v) is 17.8. The van der Waals surface area contributed by atoms with Gasteiger partial charge in [0, 0.05) is 37.9 Å². The first kappa shape index (κ1) is 22.0. The van der Waals surface area contributed by atoms with Crippen molar-refractivity contribution in [3.8, 4) is 0 Å². The molecule has 33 heavy (non-hydrogen) atoms. The van der Waals surface area contributed by atoms with E-state index in [-0.39, 0.29) is 18.6 Å². The third-order valence-electron chi connectivity index (χ3n) is 6.36. The summed E-state index contributed by atoms with van der Waals surface area (Å²) >= 11 is 0. The van der Waals surface area contributed by atoms with Crippen LogP contribution in [-0.4, -0.2) is 58.5 Å². The predicted molar refractivity (Wildman–Crippen MR) is 114 cm³/mol. The van der Waals surface area contributed by atoms with Gasteiger partial charge in [0.05, 0.1) is 35.9 Å². The van der Waals surface area contributed by atoms with E-state index in [4.69, 9.17) is 4.74 Å². The highest BCUT2D eigenvalue weighted by molar-refractivity contribution is 5.88. The van der Waals surface area contributed by atoms with Crippen molar-refractivity contribution < 1.29 is 22.3 Å². The van der Waals surface area contributed by atoms with Gasteiger partial charge in [-0.3, -0.25) is 4.98 Å². The molecular formula is C22H24F4N6O. The van der Waals surface area contributed by atoms with Gasteiger partial charge in [0.25, 0.3) is 0 Å². The SMILES string of the molecule is F[C@@H]1CNCC[C@H]1Cn1ccc2c(N3CCOC[C@@H]3c3ccc(C(F)(F)F)cn3)ncnc21. The van der Waals surface area contributed by atoms with E-state index in [1.54, 1.807) is 0 Å². The number of piperidine rings is 1. The fraction of sp³-hybridized carbons (Fsp3) is 0.500. The van der Waals surface area contributed by atoms with E-state index in [2.05, 4.69) is 20.3 Å². The Kier molecular flexibility index (Phi) is 5.92. The monoisotopic (exact) mass is 464 g/mol. The van der Waals surface area contributed by atoms with E-state index in [1.807, 2.05) is 21.7 Å². The normalized spacial score (nSPS) is 24.4. The number of anilines is 1. The fourth-order valence-corrected chi connectivity index (χ4v) is 4.57. The summed E-state index contributed by atoms with van der Waals surface area (Å²) < 4.78 is 60.8. The molecule has 0 spiro atoms. The fourth-order valence-electron chi connectivity index (χ4n) is 4.57. The molecule has 5 rings (SSSR count). The zero-order valence-electron chi connectivity index (χ0n) is 17.8. The summed E-state index contributed by atoms with van der Waals surface area (Å²) in [5.74, 6) is 0.573. The number of fused-ring (bicyclic) bond motifs is 1. The second kappa shape index (κ2) is 8.86. The molecule has 0 amide bonds. The molecule has 3 atom stereocenters. The summed E-state index contributed by atoms with van der Waals surface area (Å²) in [6.07, 6.45) is -0.389. The molecule has 1 N–H and O–H groups in total.